The second-order valence-corrected chi connectivity index (χ2v) is 12.0. The number of carbonyl (C=O) groups is 2. The fourth-order valence-corrected chi connectivity index (χ4v) is 6.60. The van der Waals surface area contributed by atoms with Crippen molar-refractivity contribution in [2.24, 2.45) is 16.0 Å². The van der Waals surface area contributed by atoms with Crippen LogP contribution in [0.3, 0.4) is 0 Å². The molecule has 0 radical (unpaired) electrons. The van der Waals surface area contributed by atoms with E-state index in [-0.39, 0.29) is 32.4 Å². The monoisotopic (exact) mass is 604 g/mol. The zero-order valence-electron chi connectivity index (χ0n) is 19.8. The van der Waals surface area contributed by atoms with Gasteiger partial charge >= 0.3 is 6.18 Å². The summed E-state index contributed by atoms with van der Waals surface area (Å²) in [5.41, 5.74) is -0.983. The Morgan fingerprint density at radius 2 is 2.05 bits per heavy atom. The van der Waals surface area contributed by atoms with Crippen molar-refractivity contribution in [1.82, 2.24) is 15.6 Å². The molecule has 0 aromatic carbocycles. The number of carbonyl (C=O) groups excluding carboxylic acids is 2. The van der Waals surface area contributed by atoms with Crippen molar-refractivity contribution < 1.29 is 22.8 Å². The number of nitrogens with one attached hydrogen (secondary N) is 2. The first-order valence-electron chi connectivity index (χ1n) is 11.6. The molecule has 0 bridgehead atoms. The van der Waals surface area contributed by atoms with Gasteiger partial charge < -0.3 is 10.6 Å². The predicted molar refractivity (Wildman–Crippen MR) is 145 cm³/mol. The van der Waals surface area contributed by atoms with E-state index in [0.717, 1.165) is 22.2 Å². The number of hydrogen-bond acceptors (Lipinski definition) is 8. The van der Waals surface area contributed by atoms with Crippen LogP contribution in [0.4, 0.5) is 19.0 Å². The first-order chi connectivity index (χ1) is 18.1. The largest absolute Gasteiger partial charge is 0.431 e. The average molecular weight is 605 g/mol. The number of anilines is 1. The Morgan fingerprint density at radius 3 is 2.71 bits per heavy atom. The lowest BCUT2D eigenvalue weighted by molar-refractivity contribution is -0.121. The quantitative estimate of drug-likeness (QED) is 0.497. The summed E-state index contributed by atoms with van der Waals surface area (Å²) < 4.78 is 41.6. The van der Waals surface area contributed by atoms with Crippen molar-refractivity contribution in [3.63, 3.8) is 0 Å². The van der Waals surface area contributed by atoms with Gasteiger partial charge in [0.15, 0.2) is 5.82 Å². The number of nitrogens with zero attached hydrogens (tertiary/aromatic N) is 4. The number of rotatable bonds is 6. The maximum absolute atomic E-state index is 13.6. The number of pyridine rings is 1. The highest BCUT2D eigenvalue weighted by molar-refractivity contribution is 8.39. The number of thioether (sulfide) groups is 2. The molecule has 4 aliphatic rings. The van der Waals surface area contributed by atoms with Gasteiger partial charge in [0, 0.05) is 19.2 Å². The van der Waals surface area contributed by atoms with Crippen LogP contribution in [0, 0.1) is 5.92 Å². The van der Waals surface area contributed by atoms with E-state index in [1.54, 1.807) is 6.08 Å². The van der Waals surface area contributed by atoms with Crippen LogP contribution in [0.25, 0.3) is 0 Å². The zero-order valence-corrected chi connectivity index (χ0v) is 22.9. The fourth-order valence-electron chi connectivity index (χ4n) is 4.15. The first-order valence-corrected chi connectivity index (χ1v) is 14.5. The lowest BCUT2D eigenvalue weighted by Gasteiger charge is -2.28. The van der Waals surface area contributed by atoms with Gasteiger partial charge in [-0.25, -0.2) is 9.99 Å². The molecule has 2 amide bonds. The molecule has 2 aliphatic carbocycles. The number of hydrazone groups is 1. The molecule has 1 saturated carbocycles. The van der Waals surface area contributed by atoms with Crippen molar-refractivity contribution in [2.45, 2.75) is 42.8 Å². The van der Waals surface area contributed by atoms with Crippen LogP contribution >= 0.6 is 46.7 Å². The molecule has 2 aliphatic heterocycles. The van der Waals surface area contributed by atoms with Gasteiger partial charge in [-0.1, -0.05) is 35.0 Å². The topological polar surface area (TPSA) is 99.0 Å². The summed E-state index contributed by atoms with van der Waals surface area (Å²) >= 11 is 15.7. The Labute approximate surface area is 234 Å². The summed E-state index contributed by atoms with van der Waals surface area (Å²) in [6.07, 6.45) is 1.40. The molecule has 0 spiro atoms. The number of hydrogen-bond donors (Lipinski definition) is 2. The van der Waals surface area contributed by atoms with Gasteiger partial charge in [0.25, 0.3) is 5.91 Å². The van der Waals surface area contributed by atoms with Crippen molar-refractivity contribution in [1.29, 1.82) is 0 Å². The standard InChI is InChI=1S/C23H21Cl2F3N6O2S2/c1-37-22-31-13-7-11(20(35)30-9-10-4-5-10)17(16(25)18(13)38-22)32-21(36)14-8-15(23(26,27)28)33-34(14)19-12(24)3-2-6-29-19/h2-3,6-7,10,13-14,18H,4-5,8-9H2,1H3,(H,30,35)(H,32,36). The van der Waals surface area contributed by atoms with Gasteiger partial charge in [0.05, 0.1) is 32.6 Å². The summed E-state index contributed by atoms with van der Waals surface area (Å²) in [6.45, 7) is 0.481. The molecule has 5 rings (SSSR count). The van der Waals surface area contributed by atoms with Crippen molar-refractivity contribution in [3.05, 3.63) is 45.7 Å². The minimum absolute atomic E-state index is 0.0272. The molecule has 0 saturated heterocycles. The molecule has 3 heterocycles. The molecule has 38 heavy (non-hydrogen) atoms. The van der Waals surface area contributed by atoms with Crippen molar-refractivity contribution in [2.75, 3.05) is 17.8 Å². The first kappa shape index (κ1) is 27.4. The molecule has 15 heteroatoms. The fraction of sp³-hybridized carbons (Fsp3) is 0.435. The molecular formula is C23H21Cl2F3N6O2S2. The minimum atomic E-state index is -4.76. The maximum atomic E-state index is 13.6. The van der Waals surface area contributed by atoms with Crippen LogP contribution in [0.5, 0.6) is 0 Å². The molecule has 3 atom stereocenters. The summed E-state index contributed by atoms with van der Waals surface area (Å²) in [6, 6.07) is 1.11. The summed E-state index contributed by atoms with van der Waals surface area (Å²) in [7, 11) is 0. The van der Waals surface area contributed by atoms with Crippen LogP contribution in [0.2, 0.25) is 5.02 Å². The summed E-state index contributed by atoms with van der Waals surface area (Å²) in [5.74, 6) is -0.967. The summed E-state index contributed by atoms with van der Waals surface area (Å²) in [4.78, 5) is 35.3. The predicted octanol–water partition coefficient (Wildman–Crippen LogP) is 4.47. The van der Waals surface area contributed by atoms with Crippen LogP contribution in [-0.2, 0) is 9.59 Å². The number of aliphatic imine (C=N–C) groups is 1. The van der Waals surface area contributed by atoms with Gasteiger partial charge in [0.1, 0.15) is 16.1 Å². The summed E-state index contributed by atoms with van der Waals surface area (Å²) in [5, 5.41) is 9.84. The van der Waals surface area contributed by atoms with Gasteiger partial charge in [0.2, 0.25) is 5.91 Å². The van der Waals surface area contributed by atoms with Crippen LogP contribution < -0.4 is 15.6 Å². The van der Waals surface area contributed by atoms with E-state index >= 15 is 0 Å². The SMILES string of the molecule is CSC1=NC2C=C(C(=O)NCC3CC3)C(NC(=O)C3CC(C(F)(F)F)=NN3c3ncccc3Cl)=C(Cl)C2S1. The number of amides is 2. The molecule has 2 N–H and O–H groups in total. The van der Waals surface area contributed by atoms with Crippen LogP contribution in [0.15, 0.2) is 50.8 Å². The highest BCUT2D eigenvalue weighted by atomic mass is 35.5. The van der Waals surface area contributed by atoms with Gasteiger partial charge in [-0.2, -0.15) is 18.3 Å². The van der Waals surface area contributed by atoms with E-state index in [9.17, 15) is 22.8 Å². The third kappa shape index (κ3) is 5.56. The Balaban J connectivity index is 1.45. The third-order valence-corrected chi connectivity index (χ3v) is 9.47. The molecule has 202 valence electrons. The molecular weight excluding hydrogens is 584 g/mol. The normalized spacial score (nSPS) is 25.1. The van der Waals surface area contributed by atoms with Crippen LogP contribution in [0.1, 0.15) is 19.3 Å². The van der Waals surface area contributed by atoms with E-state index in [4.69, 9.17) is 23.2 Å². The lowest BCUT2D eigenvalue weighted by atomic mass is 9.97. The number of halogens is 5. The molecule has 1 aromatic rings. The van der Waals surface area contributed by atoms with Crippen molar-refractivity contribution >= 4 is 74.4 Å². The zero-order chi connectivity index (χ0) is 27.2. The smallest absolute Gasteiger partial charge is 0.352 e. The van der Waals surface area contributed by atoms with E-state index in [1.807, 2.05) is 6.26 Å². The van der Waals surface area contributed by atoms with E-state index in [0.29, 0.717) is 12.5 Å². The van der Waals surface area contributed by atoms with Crippen LogP contribution in [-0.4, -0.2) is 63.2 Å². The lowest BCUT2D eigenvalue weighted by Crippen LogP contribution is -2.45. The van der Waals surface area contributed by atoms with Crippen molar-refractivity contribution in [3.8, 4) is 0 Å². The second-order valence-electron chi connectivity index (χ2n) is 8.99. The second kappa shape index (κ2) is 10.7. The van der Waals surface area contributed by atoms with Gasteiger partial charge in [-0.3, -0.25) is 14.6 Å². The minimum Gasteiger partial charge on any atom is -0.352 e. The Hall–Kier alpha value is -2.22. The van der Waals surface area contributed by atoms with E-state index in [2.05, 4.69) is 25.7 Å². The van der Waals surface area contributed by atoms with E-state index in [1.165, 1.54) is 41.9 Å². The highest BCUT2D eigenvalue weighted by Crippen LogP contribution is 2.43. The van der Waals surface area contributed by atoms with E-state index < -0.39 is 42.2 Å². The number of fused-ring (bicyclic) bond motifs is 1. The molecule has 3 unspecified atom stereocenters. The van der Waals surface area contributed by atoms with Gasteiger partial charge in [-0.15, -0.1) is 11.8 Å². The number of alkyl halides is 3. The van der Waals surface area contributed by atoms with Gasteiger partial charge in [-0.05, 0) is 43.2 Å². The Kier molecular flexibility index (Phi) is 7.73. The molecule has 1 fully saturated rings. The molecule has 1 aromatic heterocycles. The highest BCUT2D eigenvalue weighted by Gasteiger charge is 2.47. The molecule has 8 nitrogen and oxygen atoms in total. The Morgan fingerprint density at radius 1 is 1.29 bits per heavy atom. The average Bonchev–Trinajstić information content (AvgIpc) is 3.42. The number of aromatic nitrogens is 1. The maximum Gasteiger partial charge on any atom is 0.431 e. The third-order valence-electron chi connectivity index (χ3n) is 6.30. The Bertz CT molecular complexity index is 1300.